The van der Waals surface area contributed by atoms with Crippen molar-refractivity contribution >= 4 is 5.97 Å². The summed E-state index contributed by atoms with van der Waals surface area (Å²) in [6, 6.07) is -0.701. The minimum Gasteiger partial charge on any atom is -0.480 e. The maximum absolute atomic E-state index is 10.3. The molecule has 4 nitrogen and oxygen atoms in total. The molecule has 0 saturated carbocycles. The van der Waals surface area contributed by atoms with Crippen LogP contribution in [0.1, 0.15) is 25.7 Å². The van der Waals surface area contributed by atoms with Crippen LogP contribution in [-0.2, 0) is 9.53 Å². The van der Waals surface area contributed by atoms with E-state index in [9.17, 15) is 4.79 Å². The fraction of sp³-hybridized carbons (Fsp3) is 0.875. The van der Waals surface area contributed by atoms with E-state index in [-0.39, 0.29) is 0 Å². The molecular formula is C8H17NO3. The van der Waals surface area contributed by atoms with Crippen LogP contribution in [0.25, 0.3) is 0 Å². The van der Waals surface area contributed by atoms with E-state index in [1.807, 2.05) is 0 Å². The van der Waals surface area contributed by atoms with Crippen molar-refractivity contribution in [1.82, 2.24) is 0 Å². The Hall–Kier alpha value is -0.610. The highest BCUT2D eigenvalue weighted by Crippen LogP contribution is 2.02. The summed E-state index contributed by atoms with van der Waals surface area (Å²) in [6.45, 7) is 0.738. The number of unbranched alkanes of at least 4 members (excludes halogenated alkanes) is 2. The molecule has 0 aromatic rings. The number of nitrogens with two attached hydrogens (primary N) is 1. The van der Waals surface area contributed by atoms with Crippen LogP contribution in [-0.4, -0.2) is 30.8 Å². The highest BCUT2D eigenvalue weighted by Gasteiger charge is 2.09. The number of hydrogen-bond donors (Lipinski definition) is 2. The van der Waals surface area contributed by atoms with Crippen LogP contribution in [0.15, 0.2) is 0 Å². The Kier molecular flexibility index (Phi) is 6.70. The van der Waals surface area contributed by atoms with Crippen molar-refractivity contribution in [1.29, 1.82) is 0 Å². The normalized spacial score (nSPS) is 12.8. The number of methoxy groups -OCH3 is 1. The molecular weight excluding hydrogens is 158 g/mol. The molecule has 0 amide bonds. The Labute approximate surface area is 72.7 Å². The highest BCUT2D eigenvalue weighted by atomic mass is 16.5. The van der Waals surface area contributed by atoms with E-state index in [0.717, 1.165) is 25.9 Å². The van der Waals surface area contributed by atoms with Gasteiger partial charge in [-0.25, -0.2) is 0 Å². The van der Waals surface area contributed by atoms with Gasteiger partial charge < -0.3 is 15.6 Å². The second-order valence-electron chi connectivity index (χ2n) is 2.79. The lowest BCUT2D eigenvalue weighted by molar-refractivity contribution is -0.138. The summed E-state index contributed by atoms with van der Waals surface area (Å²) < 4.78 is 4.85. The largest absolute Gasteiger partial charge is 0.480 e. The first-order valence-corrected chi connectivity index (χ1v) is 4.15. The summed E-state index contributed by atoms with van der Waals surface area (Å²) in [5, 5.41) is 8.44. The van der Waals surface area contributed by atoms with Crippen LogP contribution < -0.4 is 5.73 Å². The van der Waals surface area contributed by atoms with Gasteiger partial charge in [0.1, 0.15) is 6.04 Å². The Balaban J connectivity index is 3.14. The third-order valence-corrected chi connectivity index (χ3v) is 1.68. The van der Waals surface area contributed by atoms with Crippen LogP contribution in [0.2, 0.25) is 0 Å². The molecule has 0 unspecified atom stereocenters. The van der Waals surface area contributed by atoms with Crippen molar-refractivity contribution in [2.45, 2.75) is 31.7 Å². The zero-order valence-corrected chi connectivity index (χ0v) is 7.45. The number of rotatable bonds is 7. The smallest absolute Gasteiger partial charge is 0.320 e. The molecule has 3 N–H and O–H groups in total. The number of carboxylic acids is 1. The number of ether oxygens (including phenoxy) is 1. The van der Waals surface area contributed by atoms with Crippen LogP contribution in [0.4, 0.5) is 0 Å². The summed E-state index contributed by atoms with van der Waals surface area (Å²) in [5.74, 6) is -0.915. The first kappa shape index (κ1) is 11.4. The number of carbonyl (C=O) groups is 1. The fourth-order valence-electron chi connectivity index (χ4n) is 0.911. The summed E-state index contributed by atoms with van der Waals surface area (Å²) in [6.07, 6.45) is 3.37. The van der Waals surface area contributed by atoms with E-state index >= 15 is 0 Å². The molecule has 0 aliphatic carbocycles. The molecule has 0 spiro atoms. The van der Waals surface area contributed by atoms with Crippen LogP contribution in [0, 0.1) is 0 Å². The van der Waals surface area contributed by atoms with Crippen molar-refractivity contribution in [3.63, 3.8) is 0 Å². The first-order chi connectivity index (χ1) is 5.68. The zero-order chi connectivity index (χ0) is 9.40. The lowest BCUT2D eigenvalue weighted by atomic mass is 10.1. The Morgan fingerprint density at radius 2 is 2.17 bits per heavy atom. The van der Waals surface area contributed by atoms with Gasteiger partial charge in [0.15, 0.2) is 0 Å². The van der Waals surface area contributed by atoms with Crippen molar-refractivity contribution in [2.75, 3.05) is 13.7 Å². The molecule has 0 aromatic carbocycles. The third kappa shape index (κ3) is 6.12. The SMILES string of the molecule is COCCCCC[C@H](N)C(=O)O. The van der Waals surface area contributed by atoms with Crippen molar-refractivity contribution in [3.8, 4) is 0 Å². The maximum atomic E-state index is 10.3. The predicted molar refractivity (Wildman–Crippen MR) is 46.0 cm³/mol. The van der Waals surface area contributed by atoms with Gasteiger partial charge in [0.2, 0.25) is 0 Å². The van der Waals surface area contributed by atoms with Gasteiger partial charge in [0.05, 0.1) is 0 Å². The van der Waals surface area contributed by atoms with Crippen molar-refractivity contribution in [3.05, 3.63) is 0 Å². The van der Waals surface area contributed by atoms with Crippen molar-refractivity contribution in [2.24, 2.45) is 5.73 Å². The molecule has 0 saturated heterocycles. The van der Waals surface area contributed by atoms with Gasteiger partial charge >= 0.3 is 5.97 Å². The lowest BCUT2D eigenvalue weighted by Crippen LogP contribution is -2.29. The van der Waals surface area contributed by atoms with E-state index in [0.29, 0.717) is 6.42 Å². The zero-order valence-electron chi connectivity index (χ0n) is 7.45. The molecule has 0 aliphatic rings. The molecule has 1 atom stereocenters. The van der Waals surface area contributed by atoms with E-state index in [2.05, 4.69) is 0 Å². The van der Waals surface area contributed by atoms with Gasteiger partial charge in [0.25, 0.3) is 0 Å². The Bertz CT molecular complexity index is 127. The standard InChI is InChI=1S/C8H17NO3/c1-12-6-4-2-3-5-7(9)8(10)11/h7H,2-6,9H2,1H3,(H,10,11)/t7-/m0/s1. The molecule has 0 radical (unpaired) electrons. The second-order valence-corrected chi connectivity index (χ2v) is 2.79. The molecule has 0 heterocycles. The highest BCUT2D eigenvalue weighted by molar-refractivity contribution is 5.72. The topological polar surface area (TPSA) is 72.5 Å². The van der Waals surface area contributed by atoms with Crippen molar-refractivity contribution < 1.29 is 14.6 Å². The number of hydrogen-bond acceptors (Lipinski definition) is 3. The van der Waals surface area contributed by atoms with Crippen LogP contribution in [0.3, 0.4) is 0 Å². The average Bonchev–Trinajstić information content (AvgIpc) is 2.03. The second kappa shape index (κ2) is 7.06. The first-order valence-electron chi connectivity index (χ1n) is 4.15. The van der Waals surface area contributed by atoms with Gasteiger partial charge in [-0.1, -0.05) is 12.8 Å². The van der Waals surface area contributed by atoms with Gasteiger partial charge in [-0.3, -0.25) is 4.79 Å². The average molecular weight is 175 g/mol. The molecule has 0 fully saturated rings. The predicted octanol–water partition coefficient (Wildman–Crippen LogP) is 0.605. The minimum absolute atomic E-state index is 0.555. The molecule has 0 aliphatic heterocycles. The van der Waals surface area contributed by atoms with Crippen LogP contribution >= 0.6 is 0 Å². The van der Waals surface area contributed by atoms with E-state index in [1.54, 1.807) is 7.11 Å². The summed E-state index contributed by atoms with van der Waals surface area (Å²) >= 11 is 0. The number of aliphatic carboxylic acids is 1. The molecule has 4 heteroatoms. The summed E-state index contributed by atoms with van der Waals surface area (Å²) in [4.78, 5) is 10.3. The van der Waals surface area contributed by atoms with E-state index in [1.165, 1.54) is 0 Å². The summed E-state index contributed by atoms with van der Waals surface area (Å²) in [5.41, 5.74) is 5.30. The number of carboxylic acid groups (broad SMARTS) is 1. The minimum atomic E-state index is -0.915. The molecule has 72 valence electrons. The summed E-state index contributed by atoms with van der Waals surface area (Å²) in [7, 11) is 1.66. The third-order valence-electron chi connectivity index (χ3n) is 1.68. The van der Waals surface area contributed by atoms with Gasteiger partial charge in [-0.2, -0.15) is 0 Å². The lowest BCUT2D eigenvalue weighted by Gasteiger charge is -2.04. The molecule has 0 rings (SSSR count). The van der Waals surface area contributed by atoms with Crippen LogP contribution in [0.5, 0.6) is 0 Å². The van der Waals surface area contributed by atoms with E-state index in [4.69, 9.17) is 15.6 Å². The van der Waals surface area contributed by atoms with Gasteiger partial charge in [-0.15, -0.1) is 0 Å². The molecule has 12 heavy (non-hydrogen) atoms. The molecule has 0 bridgehead atoms. The van der Waals surface area contributed by atoms with Gasteiger partial charge in [0, 0.05) is 13.7 Å². The maximum Gasteiger partial charge on any atom is 0.320 e. The Morgan fingerprint density at radius 3 is 2.67 bits per heavy atom. The van der Waals surface area contributed by atoms with Gasteiger partial charge in [-0.05, 0) is 12.8 Å². The van der Waals surface area contributed by atoms with E-state index < -0.39 is 12.0 Å². The Morgan fingerprint density at radius 1 is 1.50 bits per heavy atom. The molecule has 0 aromatic heterocycles. The fourth-order valence-corrected chi connectivity index (χ4v) is 0.911. The quantitative estimate of drug-likeness (QED) is 0.556. The monoisotopic (exact) mass is 175 g/mol.